The Morgan fingerprint density at radius 1 is 1.05 bits per heavy atom. The number of rotatable bonds is 2. The van der Waals surface area contributed by atoms with Crippen LogP contribution in [0.4, 0.5) is 0 Å². The molecular formula is C12H21O8P. The molecule has 4 atom stereocenters. The zero-order valence-electron chi connectivity index (χ0n) is 12.4. The highest BCUT2D eigenvalue weighted by molar-refractivity contribution is 7.39. The van der Waals surface area contributed by atoms with Gasteiger partial charge in [-0.05, 0) is 27.7 Å². The number of fused-ring (bicyclic) bond motifs is 1. The third-order valence-corrected chi connectivity index (χ3v) is 4.11. The third kappa shape index (κ3) is 2.97. The molecule has 1 spiro atoms. The minimum atomic E-state index is -2.60. The van der Waals surface area contributed by atoms with E-state index in [0.717, 1.165) is 0 Å². The molecule has 3 fully saturated rings. The predicted octanol–water partition coefficient (Wildman–Crippen LogP) is 0.613. The van der Waals surface area contributed by atoms with Crippen molar-refractivity contribution in [2.24, 2.45) is 0 Å². The predicted molar refractivity (Wildman–Crippen MR) is 69.9 cm³/mol. The summed E-state index contributed by atoms with van der Waals surface area (Å²) < 4.78 is 34.1. The first-order valence-electron chi connectivity index (χ1n) is 6.81. The molecule has 0 radical (unpaired) electrons. The van der Waals surface area contributed by atoms with Gasteiger partial charge in [-0.25, -0.2) is 0 Å². The molecule has 8 nitrogen and oxygen atoms in total. The number of hydrogen-bond donors (Lipinski definition) is 2. The van der Waals surface area contributed by atoms with Crippen LogP contribution in [0.3, 0.4) is 0 Å². The SMILES string of the molecule is CC1(C)OC2COC3(COC(C)(C)O3)[C@H](OP(O)O)C2O1. The van der Waals surface area contributed by atoms with Gasteiger partial charge in [-0.15, -0.1) is 0 Å². The van der Waals surface area contributed by atoms with E-state index in [-0.39, 0.29) is 19.3 Å². The van der Waals surface area contributed by atoms with E-state index in [0.29, 0.717) is 0 Å². The fraction of sp³-hybridized carbons (Fsp3) is 1.00. The van der Waals surface area contributed by atoms with Gasteiger partial charge in [0, 0.05) is 0 Å². The molecule has 0 aliphatic carbocycles. The van der Waals surface area contributed by atoms with Crippen LogP contribution in [-0.4, -0.2) is 58.7 Å². The maximum atomic E-state index is 9.28. The second-order valence-corrected chi connectivity index (χ2v) is 7.05. The molecule has 0 saturated carbocycles. The molecule has 0 bridgehead atoms. The van der Waals surface area contributed by atoms with Gasteiger partial charge in [-0.2, -0.15) is 0 Å². The quantitative estimate of drug-likeness (QED) is 0.714. The maximum Gasteiger partial charge on any atom is 0.327 e. The van der Waals surface area contributed by atoms with Crippen LogP contribution in [0.15, 0.2) is 0 Å². The van der Waals surface area contributed by atoms with E-state index in [9.17, 15) is 9.79 Å². The third-order valence-electron chi connectivity index (χ3n) is 3.69. The molecule has 122 valence electrons. The summed E-state index contributed by atoms with van der Waals surface area (Å²) in [5.74, 6) is -2.88. The molecule has 3 aliphatic heterocycles. The first kappa shape index (κ1) is 16.0. The smallest absolute Gasteiger partial charge is 0.327 e. The van der Waals surface area contributed by atoms with E-state index in [1.54, 1.807) is 27.7 Å². The van der Waals surface area contributed by atoms with Crippen LogP contribution < -0.4 is 0 Å². The van der Waals surface area contributed by atoms with E-state index in [4.69, 9.17) is 28.2 Å². The van der Waals surface area contributed by atoms with E-state index in [1.165, 1.54) is 0 Å². The van der Waals surface area contributed by atoms with Gasteiger partial charge in [0.1, 0.15) is 18.8 Å². The summed E-state index contributed by atoms with van der Waals surface area (Å²) in [5.41, 5.74) is 0. The highest BCUT2D eigenvalue weighted by atomic mass is 31.2. The summed E-state index contributed by atoms with van der Waals surface area (Å²) in [7, 11) is -2.60. The van der Waals surface area contributed by atoms with Crippen molar-refractivity contribution in [3.05, 3.63) is 0 Å². The molecular weight excluding hydrogens is 303 g/mol. The van der Waals surface area contributed by atoms with Crippen LogP contribution in [0.5, 0.6) is 0 Å². The van der Waals surface area contributed by atoms with Crippen molar-refractivity contribution >= 4 is 8.60 Å². The van der Waals surface area contributed by atoms with E-state index < -0.39 is 38.2 Å². The van der Waals surface area contributed by atoms with Gasteiger partial charge in [-0.1, -0.05) is 0 Å². The molecule has 3 rings (SSSR count). The van der Waals surface area contributed by atoms with Crippen LogP contribution in [0.1, 0.15) is 27.7 Å². The molecule has 0 aromatic rings. The van der Waals surface area contributed by atoms with Gasteiger partial charge >= 0.3 is 8.60 Å². The van der Waals surface area contributed by atoms with Gasteiger partial charge in [0.2, 0.25) is 5.79 Å². The Balaban J connectivity index is 1.88. The van der Waals surface area contributed by atoms with Crippen LogP contribution in [0.25, 0.3) is 0 Å². The fourth-order valence-corrected chi connectivity index (χ4v) is 3.49. The second kappa shape index (κ2) is 5.06. The largest absolute Gasteiger partial charge is 0.345 e. The molecule has 2 N–H and O–H groups in total. The Morgan fingerprint density at radius 2 is 1.76 bits per heavy atom. The van der Waals surface area contributed by atoms with E-state index in [2.05, 4.69) is 0 Å². The van der Waals surface area contributed by atoms with Gasteiger partial charge in [0.25, 0.3) is 0 Å². The van der Waals surface area contributed by atoms with Crippen LogP contribution >= 0.6 is 8.60 Å². The summed E-state index contributed by atoms with van der Waals surface area (Å²) in [4.78, 5) is 18.6. The Kier molecular flexibility index (Phi) is 3.85. The summed E-state index contributed by atoms with van der Waals surface area (Å²) in [5, 5.41) is 0. The van der Waals surface area contributed by atoms with Crippen molar-refractivity contribution < 1.29 is 38.0 Å². The minimum absolute atomic E-state index is 0.112. The summed E-state index contributed by atoms with van der Waals surface area (Å²) in [6.45, 7) is 7.44. The highest BCUT2D eigenvalue weighted by Gasteiger charge is 2.63. The molecule has 9 heteroatoms. The zero-order chi connectivity index (χ0) is 15.5. The molecule has 3 aliphatic rings. The zero-order valence-corrected chi connectivity index (χ0v) is 13.3. The second-order valence-electron chi connectivity index (χ2n) is 6.33. The first-order valence-corrected chi connectivity index (χ1v) is 7.97. The fourth-order valence-electron chi connectivity index (χ4n) is 3.01. The average Bonchev–Trinajstić information content (AvgIpc) is 2.80. The van der Waals surface area contributed by atoms with Crippen LogP contribution in [0, 0.1) is 0 Å². The first-order chi connectivity index (χ1) is 9.63. The Hall–Kier alpha value is 0.110. The Bertz CT molecular complexity index is 412. The lowest BCUT2D eigenvalue weighted by molar-refractivity contribution is -0.321. The van der Waals surface area contributed by atoms with Crippen LogP contribution in [-0.2, 0) is 28.2 Å². The normalized spacial score (nSPS) is 44.4. The molecule has 3 unspecified atom stereocenters. The molecule has 3 saturated heterocycles. The Labute approximate surface area is 124 Å². The van der Waals surface area contributed by atoms with Crippen molar-refractivity contribution in [2.75, 3.05) is 13.2 Å². The van der Waals surface area contributed by atoms with Crippen molar-refractivity contribution in [2.45, 2.75) is 63.4 Å². The van der Waals surface area contributed by atoms with Gasteiger partial charge < -0.3 is 38.0 Å². The maximum absolute atomic E-state index is 9.28. The molecule has 3 heterocycles. The number of ether oxygens (including phenoxy) is 5. The monoisotopic (exact) mass is 324 g/mol. The average molecular weight is 324 g/mol. The lowest BCUT2D eigenvalue weighted by Crippen LogP contribution is -2.62. The summed E-state index contributed by atoms with van der Waals surface area (Å²) in [6.07, 6.45) is -1.76. The summed E-state index contributed by atoms with van der Waals surface area (Å²) in [6, 6.07) is 0. The summed E-state index contributed by atoms with van der Waals surface area (Å²) >= 11 is 0. The number of hydrogen-bond acceptors (Lipinski definition) is 8. The standard InChI is InChI=1S/C12H21O8P/c1-10(2)16-6-12(20-10)9(19-21(13)14)8-7(5-15-12)17-11(3,4)18-8/h7-9,13-14H,5-6H2,1-4H3/t7?,8?,9-,12?/m1/s1. The van der Waals surface area contributed by atoms with Gasteiger partial charge in [0.15, 0.2) is 17.7 Å². The molecule has 0 aromatic heterocycles. The lowest BCUT2D eigenvalue weighted by Gasteiger charge is -2.43. The molecule has 21 heavy (non-hydrogen) atoms. The molecule has 0 aromatic carbocycles. The minimum Gasteiger partial charge on any atom is -0.345 e. The highest BCUT2D eigenvalue weighted by Crippen LogP contribution is 2.48. The van der Waals surface area contributed by atoms with Gasteiger partial charge in [-0.3, -0.25) is 0 Å². The van der Waals surface area contributed by atoms with Crippen LogP contribution in [0.2, 0.25) is 0 Å². The topological polar surface area (TPSA) is 95.8 Å². The van der Waals surface area contributed by atoms with E-state index >= 15 is 0 Å². The molecule has 0 amide bonds. The van der Waals surface area contributed by atoms with Gasteiger partial charge in [0.05, 0.1) is 6.61 Å². The van der Waals surface area contributed by atoms with E-state index in [1.807, 2.05) is 0 Å². The lowest BCUT2D eigenvalue weighted by atomic mass is 9.97. The van der Waals surface area contributed by atoms with Crippen molar-refractivity contribution in [3.8, 4) is 0 Å². The van der Waals surface area contributed by atoms with Crippen molar-refractivity contribution in [1.82, 2.24) is 0 Å². The van der Waals surface area contributed by atoms with Crippen molar-refractivity contribution in [1.29, 1.82) is 0 Å². The van der Waals surface area contributed by atoms with Crippen molar-refractivity contribution in [3.63, 3.8) is 0 Å². The Morgan fingerprint density at radius 3 is 2.33 bits per heavy atom.